The SMILES string of the molecule is COc1ccc(N2CCN(CCC3OCCc4c(Br)cccc43)CC2)cc1. The molecule has 1 atom stereocenters. The Bertz CT molecular complexity index is 757. The van der Waals surface area contributed by atoms with Gasteiger partial charge in [-0.15, -0.1) is 0 Å². The van der Waals surface area contributed by atoms with E-state index in [4.69, 9.17) is 9.47 Å². The van der Waals surface area contributed by atoms with Crippen LogP contribution in [0, 0.1) is 0 Å². The molecule has 0 bridgehead atoms. The summed E-state index contributed by atoms with van der Waals surface area (Å²) < 4.78 is 12.6. The van der Waals surface area contributed by atoms with Crippen molar-refractivity contribution in [3.05, 3.63) is 58.1 Å². The summed E-state index contributed by atoms with van der Waals surface area (Å²) in [6, 6.07) is 14.9. The van der Waals surface area contributed by atoms with E-state index in [2.05, 4.69) is 56.1 Å². The summed E-state index contributed by atoms with van der Waals surface area (Å²) in [6.07, 6.45) is 2.30. The minimum absolute atomic E-state index is 0.228. The van der Waals surface area contributed by atoms with Crippen LogP contribution in [0.2, 0.25) is 0 Å². The minimum Gasteiger partial charge on any atom is -0.497 e. The van der Waals surface area contributed by atoms with Gasteiger partial charge in [0.1, 0.15) is 5.75 Å². The van der Waals surface area contributed by atoms with Gasteiger partial charge in [0.25, 0.3) is 0 Å². The molecule has 0 N–H and O–H groups in total. The average molecular weight is 431 g/mol. The van der Waals surface area contributed by atoms with Gasteiger partial charge >= 0.3 is 0 Å². The highest BCUT2D eigenvalue weighted by Gasteiger charge is 2.24. The number of hydrogen-bond acceptors (Lipinski definition) is 4. The first-order chi connectivity index (χ1) is 13.2. The third kappa shape index (κ3) is 4.31. The Morgan fingerprint density at radius 3 is 2.59 bits per heavy atom. The lowest BCUT2D eigenvalue weighted by molar-refractivity contribution is 0.0287. The van der Waals surface area contributed by atoms with E-state index in [-0.39, 0.29) is 6.10 Å². The molecular formula is C22H27BrN2O2. The highest BCUT2D eigenvalue weighted by atomic mass is 79.9. The van der Waals surface area contributed by atoms with Gasteiger partial charge in [-0.25, -0.2) is 0 Å². The standard InChI is InChI=1S/C22H27BrN2O2/c1-26-18-7-5-17(6-8-18)25-14-12-24(13-15-25)11-9-22-20-3-2-4-21(23)19(20)10-16-27-22/h2-8,22H,9-16H2,1H3. The van der Waals surface area contributed by atoms with E-state index in [0.29, 0.717) is 0 Å². The van der Waals surface area contributed by atoms with Crippen molar-refractivity contribution in [2.45, 2.75) is 18.9 Å². The quantitative estimate of drug-likeness (QED) is 0.706. The van der Waals surface area contributed by atoms with Crippen LogP contribution in [0.4, 0.5) is 5.69 Å². The smallest absolute Gasteiger partial charge is 0.119 e. The molecule has 1 unspecified atom stereocenters. The van der Waals surface area contributed by atoms with E-state index in [9.17, 15) is 0 Å². The van der Waals surface area contributed by atoms with Crippen LogP contribution in [0.5, 0.6) is 5.75 Å². The molecule has 0 aromatic heterocycles. The topological polar surface area (TPSA) is 24.9 Å². The van der Waals surface area contributed by atoms with Gasteiger partial charge in [-0.1, -0.05) is 28.1 Å². The molecule has 2 heterocycles. The van der Waals surface area contributed by atoms with Crippen LogP contribution in [0.15, 0.2) is 46.9 Å². The van der Waals surface area contributed by atoms with Gasteiger partial charge in [0.05, 0.1) is 19.8 Å². The molecule has 2 aliphatic heterocycles. The number of benzene rings is 2. The zero-order valence-electron chi connectivity index (χ0n) is 15.9. The van der Waals surface area contributed by atoms with Crippen molar-refractivity contribution >= 4 is 21.6 Å². The molecule has 0 amide bonds. The van der Waals surface area contributed by atoms with Crippen LogP contribution in [0.25, 0.3) is 0 Å². The van der Waals surface area contributed by atoms with Gasteiger partial charge in [0, 0.05) is 42.9 Å². The van der Waals surface area contributed by atoms with Crippen LogP contribution in [-0.4, -0.2) is 51.3 Å². The molecule has 0 radical (unpaired) electrons. The Hall–Kier alpha value is -1.56. The Kier molecular flexibility index (Phi) is 6.01. The lowest BCUT2D eigenvalue weighted by Crippen LogP contribution is -2.46. The van der Waals surface area contributed by atoms with Crippen LogP contribution in [-0.2, 0) is 11.2 Å². The van der Waals surface area contributed by atoms with Crippen molar-refractivity contribution in [3.8, 4) is 5.75 Å². The van der Waals surface area contributed by atoms with Crippen LogP contribution >= 0.6 is 15.9 Å². The molecule has 2 aromatic carbocycles. The van der Waals surface area contributed by atoms with Gasteiger partial charge in [0.15, 0.2) is 0 Å². The summed E-state index contributed by atoms with van der Waals surface area (Å²) in [5.74, 6) is 0.914. The molecule has 2 aliphatic rings. The number of anilines is 1. The second-order valence-corrected chi connectivity index (χ2v) is 8.09. The molecule has 0 spiro atoms. The van der Waals surface area contributed by atoms with Crippen molar-refractivity contribution in [2.24, 2.45) is 0 Å². The highest BCUT2D eigenvalue weighted by molar-refractivity contribution is 9.10. The number of hydrogen-bond donors (Lipinski definition) is 0. The van der Waals surface area contributed by atoms with Gasteiger partial charge in [-0.3, -0.25) is 4.90 Å². The Morgan fingerprint density at radius 1 is 1.07 bits per heavy atom. The number of piperazine rings is 1. The van der Waals surface area contributed by atoms with E-state index in [1.807, 2.05) is 12.1 Å². The Labute approximate surface area is 170 Å². The number of fused-ring (bicyclic) bond motifs is 1. The monoisotopic (exact) mass is 430 g/mol. The van der Waals surface area contributed by atoms with Crippen LogP contribution in [0.3, 0.4) is 0 Å². The van der Waals surface area contributed by atoms with Crippen LogP contribution < -0.4 is 9.64 Å². The maximum Gasteiger partial charge on any atom is 0.119 e. The first-order valence-electron chi connectivity index (χ1n) is 9.75. The van der Waals surface area contributed by atoms with Gasteiger partial charge < -0.3 is 14.4 Å². The summed E-state index contributed by atoms with van der Waals surface area (Å²) >= 11 is 3.70. The number of nitrogens with zero attached hydrogens (tertiary/aromatic N) is 2. The Balaban J connectivity index is 1.30. The molecule has 1 saturated heterocycles. The highest BCUT2D eigenvalue weighted by Crippen LogP contribution is 2.34. The number of halogens is 1. The second kappa shape index (κ2) is 8.63. The summed E-state index contributed by atoms with van der Waals surface area (Å²) in [4.78, 5) is 5.02. The van der Waals surface area contributed by atoms with Gasteiger partial charge in [0.2, 0.25) is 0 Å². The molecule has 144 valence electrons. The first-order valence-corrected chi connectivity index (χ1v) is 10.5. The lowest BCUT2D eigenvalue weighted by Gasteiger charge is -2.37. The molecule has 4 rings (SSSR count). The predicted molar refractivity (Wildman–Crippen MR) is 113 cm³/mol. The minimum atomic E-state index is 0.228. The normalized spacial score (nSPS) is 20.4. The first kappa shape index (κ1) is 18.8. The molecule has 0 aliphatic carbocycles. The zero-order valence-corrected chi connectivity index (χ0v) is 17.5. The third-order valence-corrected chi connectivity index (χ3v) is 6.43. The van der Waals surface area contributed by atoms with Crippen molar-refractivity contribution in [1.29, 1.82) is 0 Å². The van der Waals surface area contributed by atoms with Crippen molar-refractivity contribution in [1.82, 2.24) is 4.90 Å². The molecule has 0 saturated carbocycles. The van der Waals surface area contributed by atoms with Crippen molar-refractivity contribution in [2.75, 3.05) is 51.3 Å². The fraction of sp³-hybridized carbons (Fsp3) is 0.455. The van der Waals surface area contributed by atoms with E-state index in [1.165, 1.54) is 21.3 Å². The summed E-state index contributed by atoms with van der Waals surface area (Å²) in [5.41, 5.74) is 4.08. The third-order valence-electron chi connectivity index (χ3n) is 5.69. The average Bonchev–Trinajstić information content (AvgIpc) is 2.73. The number of methoxy groups -OCH3 is 1. The van der Waals surface area contributed by atoms with E-state index >= 15 is 0 Å². The summed E-state index contributed by atoms with van der Waals surface area (Å²) in [6.45, 7) is 6.26. The van der Waals surface area contributed by atoms with E-state index in [1.54, 1.807) is 7.11 Å². The largest absolute Gasteiger partial charge is 0.497 e. The Morgan fingerprint density at radius 2 is 1.85 bits per heavy atom. The summed E-state index contributed by atoms with van der Waals surface area (Å²) in [7, 11) is 1.71. The fourth-order valence-corrected chi connectivity index (χ4v) is 4.67. The van der Waals surface area contributed by atoms with E-state index in [0.717, 1.165) is 57.9 Å². The lowest BCUT2D eigenvalue weighted by atomic mass is 9.95. The number of ether oxygens (including phenoxy) is 2. The van der Waals surface area contributed by atoms with Crippen molar-refractivity contribution in [3.63, 3.8) is 0 Å². The molecular weight excluding hydrogens is 404 g/mol. The van der Waals surface area contributed by atoms with E-state index < -0.39 is 0 Å². The van der Waals surface area contributed by atoms with Crippen molar-refractivity contribution < 1.29 is 9.47 Å². The molecule has 4 nitrogen and oxygen atoms in total. The maximum absolute atomic E-state index is 6.09. The molecule has 2 aromatic rings. The molecule has 5 heteroatoms. The molecule has 27 heavy (non-hydrogen) atoms. The second-order valence-electron chi connectivity index (χ2n) is 7.23. The number of rotatable bonds is 5. The fourth-order valence-electron chi connectivity index (χ4n) is 4.10. The van der Waals surface area contributed by atoms with Gasteiger partial charge in [-0.05, 0) is 54.3 Å². The van der Waals surface area contributed by atoms with Gasteiger partial charge in [-0.2, -0.15) is 0 Å². The maximum atomic E-state index is 6.09. The predicted octanol–water partition coefficient (Wildman–Crippen LogP) is 4.28. The summed E-state index contributed by atoms with van der Waals surface area (Å²) in [5, 5.41) is 0. The zero-order chi connectivity index (χ0) is 18.6. The molecule has 1 fully saturated rings. The van der Waals surface area contributed by atoms with Crippen LogP contribution in [0.1, 0.15) is 23.7 Å².